The Morgan fingerprint density at radius 1 is 1.50 bits per heavy atom. The number of nitrogens with one attached hydrogen (secondary N) is 1. The maximum atomic E-state index is 9.70. The van der Waals surface area contributed by atoms with Gasteiger partial charge in [0.2, 0.25) is 0 Å². The van der Waals surface area contributed by atoms with Crippen LogP contribution in [-0.4, -0.2) is 54.0 Å². The van der Waals surface area contributed by atoms with Gasteiger partial charge in [0.05, 0.1) is 31.6 Å². The number of aromatic nitrogens is 2. The highest BCUT2D eigenvalue weighted by Crippen LogP contribution is 1.96. The summed E-state index contributed by atoms with van der Waals surface area (Å²) in [6, 6.07) is 0. The lowest BCUT2D eigenvalue weighted by Gasteiger charge is -2.16. The van der Waals surface area contributed by atoms with Gasteiger partial charge in [0, 0.05) is 39.0 Å². The zero-order valence-corrected chi connectivity index (χ0v) is 11.3. The molecule has 0 fully saturated rings. The van der Waals surface area contributed by atoms with Gasteiger partial charge in [-0.1, -0.05) is 0 Å². The molecule has 2 atom stereocenters. The number of hydrogen-bond donors (Lipinski definition) is 2. The summed E-state index contributed by atoms with van der Waals surface area (Å²) in [6.45, 7) is 3.95. The molecule has 1 heterocycles. The Kier molecular flexibility index (Phi) is 6.89. The Morgan fingerprint density at radius 3 is 2.89 bits per heavy atom. The minimum Gasteiger partial charge on any atom is -0.389 e. The van der Waals surface area contributed by atoms with Gasteiger partial charge < -0.3 is 19.9 Å². The second kappa shape index (κ2) is 8.20. The molecule has 0 bridgehead atoms. The van der Waals surface area contributed by atoms with Crippen molar-refractivity contribution in [1.29, 1.82) is 0 Å². The summed E-state index contributed by atoms with van der Waals surface area (Å²) in [4.78, 5) is 0. The zero-order valence-electron chi connectivity index (χ0n) is 11.3. The van der Waals surface area contributed by atoms with E-state index in [-0.39, 0.29) is 6.10 Å². The first-order valence-electron chi connectivity index (χ1n) is 6.08. The largest absolute Gasteiger partial charge is 0.389 e. The lowest BCUT2D eigenvalue weighted by molar-refractivity contribution is -0.0311. The highest BCUT2D eigenvalue weighted by atomic mass is 16.5. The predicted molar refractivity (Wildman–Crippen MR) is 68.2 cm³/mol. The molecule has 1 rings (SSSR count). The van der Waals surface area contributed by atoms with E-state index in [0.717, 1.165) is 5.56 Å². The first-order valence-corrected chi connectivity index (χ1v) is 6.08. The fraction of sp³-hybridized carbons (Fsp3) is 0.750. The molecule has 18 heavy (non-hydrogen) atoms. The molecule has 0 saturated heterocycles. The fourth-order valence-electron chi connectivity index (χ4n) is 1.56. The van der Waals surface area contributed by atoms with Gasteiger partial charge in [-0.2, -0.15) is 5.10 Å². The second-order valence-corrected chi connectivity index (χ2v) is 4.41. The number of methoxy groups -OCH3 is 1. The number of aliphatic hydroxyl groups excluding tert-OH is 1. The molecular formula is C12H23N3O3. The van der Waals surface area contributed by atoms with Crippen LogP contribution in [0.3, 0.4) is 0 Å². The summed E-state index contributed by atoms with van der Waals surface area (Å²) in [7, 11) is 3.51. The van der Waals surface area contributed by atoms with Crippen LogP contribution >= 0.6 is 0 Å². The Hall–Kier alpha value is -0.950. The number of aliphatic hydroxyl groups is 1. The van der Waals surface area contributed by atoms with E-state index >= 15 is 0 Å². The van der Waals surface area contributed by atoms with E-state index in [2.05, 4.69) is 10.4 Å². The number of ether oxygens (including phenoxy) is 2. The molecule has 0 saturated carbocycles. The van der Waals surface area contributed by atoms with Gasteiger partial charge in [0.15, 0.2) is 0 Å². The summed E-state index contributed by atoms with van der Waals surface area (Å²) in [5.74, 6) is 0. The van der Waals surface area contributed by atoms with Crippen LogP contribution < -0.4 is 5.32 Å². The molecule has 104 valence electrons. The minimum absolute atomic E-state index is 0.00275. The van der Waals surface area contributed by atoms with E-state index in [1.54, 1.807) is 18.0 Å². The van der Waals surface area contributed by atoms with Crippen LogP contribution in [0.5, 0.6) is 0 Å². The van der Waals surface area contributed by atoms with Gasteiger partial charge in [-0.3, -0.25) is 4.68 Å². The van der Waals surface area contributed by atoms with Crippen molar-refractivity contribution >= 4 is 0 Å². The van der Waals surface area contributed by atoms with Crippen molar-refractivity contribution in [1.82, 2.24) is 15.1 Å². The highest BCUT2D eigenvalue weighted by molar-refractivity contribution is 5.02. The average Bonchev–Trinajstić information content (AvgIpc) is 2.73. The summed E-state index contributed by atoms with van der Waals surface area (Å²) < 4.78 is 12.1. The van der Waals surface area contributed by atoms with E-state index in [1.165, 1.54) is 0 Å². The van der Waals surface area contributed by atoms with Crippen molar-refractivity contribution < 1.29 is 14.6 Å². The predicted octanol–water partition coefficient (Wildman–Crippen LogP) is -0.0779. The van der Waals surface area contributed by atoms with Gasteiger partial charge in [-0.25, -0.2) is 0 Å². The summed E-state index contributed by atoms with van der Waals surface area (Å²) in [5.41, 5.74) is 1.10. The second-order valence-electron chi connectivity index (χ2n) is 4.41. The highest BCUT2D eigenvalue weighted by Gasteiger charge is 2.07. The Morgan fingerprint density at radius 2 is 2.28 bits per heavy atom. The smallest absolute Gasteiger partial charge is 0.0897 e. The summed E-state index contributed by atoms with van der Waals surface area (Å²) in [6.07, 6.45) is 3.23. The van der Waals surface area contributed by atoms with Crippen LogP contribution in [0.2, 0.25) is 0 Å². The standard InChI is InChI=1S/C12H23N3O3/c1-10(8-17-3)18-9-12(16)6-13-4-11-5-14-15(2)7-11/h5,7,10,12-13,16H,4,6,8-9H2,1-3H3. The molecular weight excluding hydrogens is 234 g/mol. The fourth-order valence-corrected chi connectivity index (χ4v) is 1.56. The third-order valence-electron chi connectivity index (χ3n) is 2.44. The van der Waals surface area contributed by atoms with Crippen molar-refractivity contribution in [3.63, 3.8) is 0 Å². The van der Waals surface area contributed by atoms with E-state index in [9.17, 15) is 5.11 Å². The molecule has 2 unspecified atom stereocenters. The lowest BCUT2D eigenvalue weighted by atomic mass is 10.3. The van der Waals surface area contributed by atoms with Crippen LogP contribution in [0.1, 0.15) is 12.5 Å². The van der Waals surface area contributed by atoms with E-state index < -0.39 is 6.10 Å². The Bertz CT molecular complexity index is 330. The molecule has 0 spiro atoms. The molecule has 0 aliphatic heterocycles. The zero-order chi connectivity index (χ0) is 13.4. The Labute approximate surface area is 108 Å². The van der Waals surface area contributed by atoms with Gasteiger partial charge in [0.25, 0.3) is 0 Å². The molecule has 0 aliphatic rings. The maximum absolute atomic E-state index is 9.70. The van der Waals surface area contributed by atoms with Crippen molar-refractivity contribution in [2.75, 3.05) is 26.9 Å². The minimum atomic E-state index is -0.513. The first kappa shape index (κ1) is 15.1. The van der Waals surface area contributed by atoms with Crippen LogP contribution in [0.15, 0.2) is 12.4 Å². The molecule has 6 heteroatoms. The molecule has 1 aromatic heterocycles. The molecule has 2 N–H and O–H groups in total. The van der Waals surface area contributed by atoms with Crippen LogP contribution in [0.4, 0.5) is 0 Å². The SMILES string of the molecule is COCC(C)OCC(O)CNCc1cnn(C)c1. The molecule has 1 aromatic rings. The molecule has 6 nitrogen and oxygen atoms in total. The van der Waals surface area contributed by atoms with Crippen molar-refractivity contribution in [3.8, 4) is 0 Å². The van der Waals surface area contributed by atoms with Crippen molar-refractivity contribution in [3.05, 3.63) is 18.0 Å². The lowest BCUT2D eigenvalue weighted by Crippen LogP contribution is -2.32. The number of nitrogens with zero attached hydrogens (tertiary/aromatic N) is 2. The average molecular weight is 257 g/mol. The third kappa shape index (κ3) is 6.11. The van der Waals surface area contributed by atoms with Gasteiger partial charge >= 0.3 is 0 Å². The van der Waals surface area contributed by atoms with Crippen LogP contribution in [-0.2, 0) is 23.1 Å². The number of aryl methyl sites for hydroxylation is 1. The van der Waals surface area contributed by atoms with Crippen LogP contribution in [0, 0.1) is 0 Å². The summed E-state index contributed by atoms with van der Waals surface area (Å²) in [5, 5.41) is 16.9. The normalized spacial score (nSPS) is 14.7. The topological polar surface area (TPSA) is 68.5 Å². The molecule has 0 aromatic carbocycles. The molecule has 0 amide bonds. The van der Waals surface area contributed by atoms with Crippen molar-refractivity contribution in [2.45, 2.75) is 25.7 Å². The van der Waals surface area contributed by atoms with Gasteiger partial charge in [0.1, 0.15) is 0 Å². The monoisotopic (exact) mass is 257 g/mol. The quantitative estimate of drug-likeness (QED) is 0.648. The van der Waals surface area contributed by atoms with E-state index in [1.807, 2.05) is 20.2 Å². The molecule has 0 radical (unpaired) electrons. The maximum Gasteiger partial charge on any atom is 0.0897 e. The van der Waals surface area contributed by atoms with E-state index in [0.29, 0.717) is 26.3 Å². The third-order valence-corrected chi connectivity index (χ3v) is 2.44. The number of rotatable bonds is 9. The van der Waals surface area contributed by atoms with E-state index in [4.69, 9.17) is 9.47 Å². The summed E-state index contributed by atoms with van der Waals surface area (Å²) >= 11 is 0. The Balaban J connectivity index is 2.08. The van der Waals surface area contributed by atoms with Crippen LogP contribution in [0.25, 0.3) is 0 Å². The number of hydrogen-bond acceptors (Lipinski definition) is 5. The first-order chi connectivity index (χ1) is 8.61. The van der Waals surface area contributed by atoms with Crippen molar-refractivity contribution in [2.24, 2.45) is 7.05 Å². The molecule has 0 aliphatic carbocycles. The van der Waals surface area contributed by atoms with Gasteiger partial charge in [-0.15, -0.1) is 0 Å². The van der Waals surface area contributed by atoms with Gasteiger partial charge in [-0.05, 0) is 6.92 Å².